The van der Waals surface area contributed by atoms with E-state index in [9.17, 15) is 0 Å². The number of nitrogens with zero attached hydrogens (tertiary/aromatic N) is 3. The molecule has 0 bridgehead atoms. The second-order valence-electron chi connectivity index (χ2n) is 4.98. The van der Waals surface area contributed by atoms with Crippen molar-refractivity contribution < 1.29 is 4.74 Å². The Morgan fingerprint density at radius 1 is 1.32 bits per heavy atom. The summed E-state index contributed by atoms with van der Waals surface area (Å²) in [7, 11) is 1.65. The first-order valence-electron chi connectivity index (χ1n) is 7.03. The molecule has 0 radical (unpaired) electrons. The lowest BCUT2D eigenvalue weighted by molar-refractivity contribution is 0.415. The van der Waals surface area contributed by atoms with Crippen LogP contribution in [0.1, 0.15) is 5.82 Å². The molecule has 0 saturated heterocycles. The zero-order valence-electron chi connectivity index (χ0n) is 12.5. The number of rotatable bonds is 5. The molecule has 0 fully saturated rings. The molecule has 0 spiro atoms. The van der Waals surface area contributed by atoms with E-state index in [0.717, 1.165) is 41.3 Å². The number of aromatic nitrogens is 3. The van der Waals surface area contributed by atoms with Crippen LogP contribution in [0.2, 0.25) is 5.15 Å². The van der Waals surface area contributed by atoms with E-state index in [1.807, 2.05) is 37.4 Å². The van der Waals surface area contributed by atoms with Gasteiger partial charge in [-0.3, -0.25) is 0 Å². The molecule has 1 aromatic carbocycles. The Labute approximate surface area is 133 Å². The van der Waals surface area contributed by atoms with Crippen LogP contribution >= 0.6 is 11.6 Å². The van der Waals surface area contributed by atoms with Crippen molar-refractivity contribution in [1.82, 2.24) is 14.5 Å². The summed E-state index contributed by atoms with van der Waals surface area (Å²) in [5.41, 5.74) is 0. The van der Waals surface area contributed by atoms with E-state index in [0.29, 0.717) is 5.15 Å². The van der Waals surface area contributed by atoms with Gasteiger partial charge in [-0.25, -0.2) is 9.97 Å². The first kappa shape index (κ1) is 14.7. The van der Waals surface area contributed by atoms with Gasteiger partial charge in [0.25, 0.3) is 0 Å². The Kier molecular flexibility index (Phi) is 4.15. The van der Waals surface area contributed by atoms with Gasteiger partial charge in [0.1, 0.15) is 22.5 Å². The monoisotopic (exact) mass is 316 g/mol. The Balaban J connectivity index is 1.82. The van der Waals surface area contributed by atoms with Crippen LogP contribution in [0.5, 0.6) is 5.75 Å². The third-order valence-corrected chi connectivity index (χ3v) is 3.77. The molecule has 0 atom stereocenters. The number of imidazole rings is 1. The van der Waals surface area contributed by atoms with Crippen molar-refractivity contribution in [2.75, 3.05) is 19.0 Å². The fraction of sp³-hybridized carbons (Fsp3) is 0.250. The molecule has 22 heavy (non-hydrogen) atoms. The van der Waals surface area contributed by atoms with E-state index in [-0.39, 0.29) is 0 Å². The molecule has 3 rings (SSSR count). The fourth-order valence-corrected chi connectivity index (χ4v) is 2.60. The number of hydrogen-bond acceptors (Lipinski definition) is 4. The Morgan fingerprint density at radius 2 is 2.18 bits per heavy atom. The van der Waals surface area contributed by atoms with Crippen LogP contribution in [0.15, 0.2) is 36.7 Å². The highest BCUT2D eigenvalue weighted by Crippen LogP contribution is 2.28. The maximum atomic E-state index is 6.12. The van der Waals surface area contributed by atoms with Gasteiger partial charge in [-0.15, -0.1) is 0 Å². The van der Waals surface area contributed by atoms with Crippen LogP contribution in [0.25, 0.3) is 10.8 Å². The van der Waals surface area contributed by atoms with Crippen molar-refractivity contribution in [2.24, 2.45) is 0 Å². The summed E-state index contributed by atoms with van der Waals surface area (Å²) in [6, 6.07) is 7.70. The lowest BCUT2D eigenvalue weighted by Crippen LogP contribution is -2.12. The van der Waals surface area contributed by atoms with Crippen LogP contribution in [0, 0.1) is 6.92 Å². The Morgan fingerprint density at radius 3 is 2.91 bits per heavy atom. The fourth-order valence-electron chi connectivity index (χ4n) is 2.40. The molecule has 5 nitrogen and oxygen atoms in total. The smallest absolute Gasteiger partial charge is 0.135 e. The summed E-state index contributed by atoms with van der Waals surface area (Å²) in [6.45, 7) is 3.54. The zero-order chi connectivity index (χ0) is 15.5. The van der Waals surface area contributed by atoms with Crippen LogP contribution in [-0.2, 0) is 6.54 Å². The SMILES string of the molecule is COc1ccc2c(NCCn3ccnc3C)nc(Cl)cc2c1. The number of benzene rings is 1. The van der Waals surface area contributed by atoms with E-state index in [4.69, 9.17) is 16.3 Å². The number of hydrogen-bond donors (Lipinski definition) is 1. The Hall–Kier alpha value is -2.27. The molecule has 2 aromatic heterocycles. The van der Waals surface area contributed by atoms with Gasteiger partial charge in [0.05, 0.1) is 7.11 Å². The minimum Gasteiger partial charge on any atom is -0.497 e. The summed E-state index contributed by atoms with van der Waals surface area (Å²) in [5, 5.41) is 5.83. The first-order valence-corrected chi connectivity index (χ1v) is 7.41. The second kappa shape index (κ2) is 6.23. The minimum absolute atomic E-state index is 0.460. The summed E-state index contributed by atoms with van der Waals surface area (Å²) in [4.78, 5) is 8.60. The molecule has 114 valence electrons. The number of ether oxygens (including phenoxy) is 1. The lowest BCUT2D eigenvalue weighted by atomic mass is 10.1. The predicted molar refractivity (Wildman–Crippen MR) is 88.8 cm³/mol. The standard InChI is InChI=1S/C16H17ClN4O/c1-11-18-5-7-21(11)8-6-19-16-14-4-3-13(22-2)9-12(14)10-15(17)20-16/h3-5,7,9-10H,6,8H2,1-2H3,(H,19,20). The van der Waals surface area contributed by atoms with Gasteiger partial charge in [-0.1, -0.05) is 11.6 Å². The molecule has 0 aliphatic heterocycles. The number of anilines is 1. The number of nitrogens with one attached hydrogen (secondary N) is 1. The topological polar surface area (TPSA) is 52.0 Å². The van der Waals surface area contributed by atoms with Gasteiger partial charge in [0.15, 0.2) is 0 Å². The number of fused-ring (bicyclic) bond motifs is 1. The third-order valence-electron chi connectivity index (χ3n) is 3.58. The van der Waals surface area contributed by atoms with Crippen molar-refractivity contribution in [3.05, 3.63) is 47.6 Å². The molecule has 6 heteroatoms. The number of aryl methyl sites for hydroxylation is 1. The highest BCUT2D eigenvalue weighted by atomic mass is 35.5. The maximum absolute atomic E-state index is 6.12. The molecule has 0 aliphatic rings. The van der Waals surface area contributed by atoms with Gasteiger partial charge in [0, 0.05) is 30.9 Å². The predicted octanol–water partition coefficient (Wildman–Crippen LogP) is 3.51. The van der Waals surface area contributed by atoms with Crippen LogP contribution in [0.3, 0.4) is 0 Å². The summed E-state index contributed by atoms with van der Waals surface area (Å²) < 4.78 is 7.34. The Bertz CT molecular complexity index is 800. The molecule has 0 aliphatic carbocycles. The molecule has 3 aromatic rings. The minimum atomic E-state index is 0.460. The van der Waals surface area contributed by atoms with Gasteiger partial charge < -0.3 is 14.6 Å². The molecule has 1 N–H and O–H groups in total. The molecule has 0 saturated carbocycles. The molecule has 0 unspecified atom stereocenters. The van der Waals surface area contributed by atoms with Gasteiger partial charge in [0.2, 0.25) is 0 Å². The highest BCUT2D eigenvalue weighted by molar-refractivity contribution is 6.30. The van der Waals surface area contributed by atoms with E-state index < -0.39 is 0 Å². The average Bonchev–Trinajstić information content (AvgIpc) is 2.91. The van der Waals surface area contributed by atoms with E-state index in [1.165, 1.54) is 0 Å². The van der Waals surface area contributed by atoms with Crippen molar-refractivity contribution in [3.8, 4) is 5.75 Å². The lowest BCUT2D eigenvalue weighted by Gasteiger charge is -2.11. The van der Waals surface area contributed by atoms with Crippen LogP contribution in [0.4, 0.5) is 5.82 Å². The van der Waals surface area contributed by atoms with Crippen molar-refractivity contribution in [1.29, 1.82) is 0 Å². The zero-order valence-corrected chi connectivity index (χ0v) is 13.3. The van der Waals surface area contributed by atoms with Crippen molar-refractivity contribution in [3.63, 3.8) is 0 Å². The molecular weight excluding hydrogens is 300 g/mol. The quantitative estimate of drug-likeness (QED) is 0.732. The molecular formula is C16H17ClN4O. The van der Waals surface area contributed by atoms with Gasteiger partial charge >= 0.3 is 0 Å². The van der Waals surface area contributed by atoms with Crippen LogP contribution in [-0.4, -0.2) is 28.2 Å². The van der Waals surface area contributed by atoms with E-state index in [2.05, 4.69) is 19.9 Å². The van der Waals surface area contributed by atoms with Gasteiger partial charge in [-0.2, -0.15) is 0 Å². The second-order valence-corrected chi connectivity index (χ2v) is 5.36. The van der Waals surface area contributed by atoms with E-state index >= 15 is 0 Å². The largest absolute Gasteiger partial charge is 0.497 e. The average molecular weight is 317 g/mol. The first-order chi connectivity index (χ1) is 10.7. The summed E-state index contributed by atoms with van der Waals surface area (Å²) >= 11 is 6.12. The van der Waals surface area contributed by atoms with Crippen LogP contribution < -0.4 is 10.1 Å². The van der Waals surface area contributed by atoms with Crippen molar-refractivity contribution >= 4 is 28.2 Å². The molecule has 2 heterocycles. The normalized spacial score (nSPS) is 10.9. The number of methoxy groups -OCH3 is 1. The molecule has 0 amide bonds. The highest BCUT2D eigenvalue weighted by Gasteiger charge is 2.06. The van der Waals surface area contributed by atoms with Gasteiger partial charge in [-0.05, 0) is 36.6 Å². The van der Waals surface area contributed by atoms with Crippen molar-refractivity contribution in [2.45, 2.75) is 13.5 Å². The number of halogens is 1. The number of pyridine rings is 1. The van der Waals surface area contributed by atoms with E-state index in [1.54, 1.807) is 13.3 Å². The summed E-state index contributed by atoms with van der Waals surface area (Å²) in [6.07, 6.45) is 3.76. The third kappa shape index (κ3) is 2.99. The maximum Gasteiger partial charge on any atom is 0.135 e. The summed E-state index contributed by atoms with van der Waals surface area (Å²) in [5.74, 6) is 2.58.